The van der Waals surface area contributed by atoms with Gasteiger partial charge in [-0.25, -0.2) is 0 Å². The van der Waals surface area contributed by atoms with Crippen molar-refractivity contribution in [3.8, 4) is 17.2 Å². The van der Waals surface area contributed by atoms with Crippen molar-refractivity contribution in [3.05, 3.63) is 93.0 Å². The van der Waals surface area contributed by atoms with Gasteiger partial charge >= 0.3 is 0 Å². The minimum Gasteiger partial charge on any atom is -0.504 e. The molecule has 136 valence electrons. The Morgan fingerprint density at radius 3 is 2.33 bits per heavy atom. The largest absolute Gasteiger partial charge is 0.504 e. The third kappa shape index (κ3) is 3.64. The van der Waals surface area contributed by atoms with Gasteiger partial charge in [-0.15, -0.1) is 0 Å². The molecule has 0 saturated heterocycles. The summed E-state index contributed by atoms with van der Waals surface area (Å²) in [5, 5.41) is 21.6. The maximum atomic E-state index is 12.8. The van der Waals surface area contributed by atoms with Crippen LogP contribution in [0.1, 0.15) is 27.0 Å². The standard InChI is InChI=1S/C21H17NO5/c1-13-8-9-14(2)21(19(13)23)27-16-10-11-18(22(25)26)17(12-16)20(24)15-6-4-3-5-7-15/h3-12,23H,1-2H3. The molecule has 0 amide bonds. The Morgan fingerprint density at radius 1 is 1.00 bits per heavy atom. The number of nitro groups is 1. The van der Waals surface area contributed by atoms with Gasteiger partial charge in [0.2, 0.25) is 0 Å². The van der Waals surface area contributed by atoms with Gasteiger partial charge in [0.25, 0.3) is 5.69 Å². The lowest BCUT2D eigenvalue weighted by Gasteiger charge is -2.13. The molecular weight excluding hydrogens is 346 g/mol. The average Bonchev–Trinajstić information content (AvgIpc) is 2.68. The Bertz CT molecular complexity index is 1030. The average molecular weight is 363 g/mol. The van der Waals surface area contributed by atoms with E-state index in [2.05, 4.69) is 0 Å². The van der Waals surface area contributed by atoms with E-state index in [0.29, 0.717) is 16.7 Å². The molecule has 0 radical (unpaired) electrons. The van der Waals surface area contributed by atoms with E-state index in [1.807, 2.05) is 0 Å². The van der Waals surface area contributed by atoms with Gasteiger partial charge in [-0.05, 0) is 37.1 Å². The van der Waals surface area contributed by atoms with Crippen molar-refractivity contribution in [2.24, 2.45) is 0 Å². The molecule has 0 saturated carbocycles. The van der Waals surface area contributed by atoms with Crippen LogP contribution in [-0.4, -0.2) is 15.8 Å². The minimum atomic E-state index is -0.602. The highest BCUT2D eigenvalue weighted by Crippen LogP contribution is 2.37. The summed E-state index contributed by atoms with van der Waals surface area (Å²) in [5.41, 5.74) is 1.30. The summed E-state index contributed by atoms with van der Waals surface area (Å²) in [5.74, 6) is -0.00642. The molecule has 6 heteroatoms. The lowest BCUT2D eigenvalue weighted by molar-refractivity contribution is -0.385. The smallest absolute Gasteiger partial charge is 0.280 e. The van der Waals surface area contributed by atoms with E-state index in [9.17, 15) is 20.0 Å². The third-order valence-electron chi connectivity index (χ3n) is 4.20. The Morgan fingerprint density at radius 2 is 1.67 bits per heavy atom. The van der Waals surface area contributed by atoms with E-state index in [0.717, 1.165) is 0 Å². The summed E-state index contributed by atoms with van der Waals surface area (Å²) >= 11 is 0. The van der Waals surface area contributed by atoms with Crippen LogP contribution in [0.3, 0.4) is 0 Å². The molecule has 6 nitrogen and oxygen atoms in total. The highest BCUT2D eigenvalue weighted by atomic mass is 16.6. The lowest BCUT2D eigenvalue weighted by Crippen LogP contribution is -2.06. The fourth-order valence-corrected chi connectivity index (χ4v) is 2.68. The van der Waals surface area contributed by atoms with Gasteiger partial charge in [-0.1, -0.05) is 42.5 Å². The van der Waals surface area contributed by atoms with Crippen molar-refractivity contribution in [2.45, 2.75) is 13.8 Å². The number of nitro benzene ring substituents is 1. The van der Waals surface area contributed by atoms with Crippen molar-refractivity contribution in [1.82, 2.24) is 0 Å². The first-order valence-electron chi connectivity index (χ1n) is 8.23. The second-order valence-corrected chi connectivity index (χ2v) is 6.11. The maximum Gasteiger partial charge on any atom is 0.280 e. The molecule has 3 aromatic rings. The zero-order valence-corrected chi connectivity index (χ0v) is 14.8. The molecule has 0 aliphatic carbocycles. The molecule has 0 aliphatic rings. The van der Waals surface area contributed by atoms with Crippen LogP contribution in [0.2, 0.25) is 0 Å². The number of carbonyl (C=O) groups excluding carboxylic acids is 1. The number of aryl methyl sites for hydroxylation is 2. The fourth-order valence-electron chi connectivity index (χ4n) is 2.68. The Kier molecular flexibility index (Phi) is 4.90. The Hall–Kier alpha value is -3.67. The SMILES string of the molecule is Cc1ccc(C)c(Oc2ccc([N+](=O)[O-])c(C(=O)c3ccccc3)c2)c1O. The second kappa shape index (κ2) is 7.29. The quantitative estimate of drug-likeness (QED) is 0.394. The van der Waals surface area contributed by atoms with Crippen LogP contribution in [0, 0.1) is 24.0 Å². The van der Waals surface area contributed by atoms with Crippen molar-refractivity contribution >= 4 is 11.5 Å². The monoisotopic (exact) mass is 363 g/mol. The number of phenolic OH excluding ortho intramolecular Hbond substituents is 1. The molecular formula is C21H17NO5. The first-order valence-corrected chi connectivity index (χ1v) is 8.23. The summed E-state index contributed by atoms with van der Waals surface area (Å²) in [6.07, 6.45) is 0. The second-order valence-electron chi connectivity index (χ2n) is 6.11. The maximum absolute atomic E-state index is 12.8. The molecule has 3 aromatic carbocycles. The molecule has 0 spiro atoms. The van der Waals surface area contributed by atoms with Crippen molar-refractivity contribution in [2.75, 3.05) is 0 Å². The number of hydrogen-bond donors (Lipinski definition) is 1. The van der Waals surface area contributed by atoms with E-state index in [1.54, 1.807) is 56.3 Å². The number of nitrogens with zero attached hydrogens (tertiary/aromatic N) is 1. The topological polar surface area (TPSA) is 89.7 Å². The van der Waals surface area contributed by atoms with E-state index in [4.69, 9.17) is 4.74 Å². The van der Waals surface area contributed by atoms with Gasteiger partial charge in [0.05, 0.1) is 4.92 Å². The Labute approximate surface area is 155 Å². The number of rotatable bonds is 5. The zero-order valence-electron chi connectivity index (χ0n) is 14.8. The van der Waals surface area contributed by atoms with Crippen LogP contribution < -0.4 is 4.74 Å². The van der Waals surface area contributed by atoms with E-state index in [-0.39, 0.29) is 28.5 Å². The first-order chi connectivity index (χ1) is 12.9. The zero-order chi connectivity index (χ0) is 19.6. The fraction of sp³-hybridized carbons (Fsp3) is 0.0952. The summed E-state index contributed by atoms with van der Waals surface area (Å²) in [4.78, 5) is 23.5. The van der Waals surface area contributed by atoms with Crippen LogP contribution in [-0.2, 0) is 0 Å². The number of ether oxygens (including phenoxy) is 1. The number of ketones is 1. The van der Waals surface area contributed by atoms with Gasteiger partial charge in [-0.2, -0.15) is 0 Å². The number of aromatic hydroxyl groups is 1. The third-order valence-corrected chi connectivity index (χ3v) is 4.20. The summed E-state index contributed by atoms with van der Waals surface area (Å²) < 4.78 is 5.76. The highest BCUT2D eigenvalue weighted by Gasteiger charge is 2.23. The first kappa shape index (κ1) is 18.1. The Balaban J connectivity index is 2.06. The van der Waals surface area contributed by atoms with Gasteiger partial charge in [0.1, 0.15) is 11.3 Å². The highest BCUT2D eigenvalue weighted by molar-refractivity contribution is 6.11. The summed E-state index contributed by atoms with van der Waals surface area (Å²) in [6, 6.07) is 15.8. The molecule has 0 atom stereocenters. The molecule has 0 unspecified atom stereocenters. The molecule has 0 fully saturated rings. The van der Waals surface area contributed by atoms with Crippen LogP contribution in [0.4, 0.5) is 5.69 Å². The minimum absolute atomic E-state index is 0.00992. The number of phenols is 1. The van der Waals surface area contributed by atoms with Gasteiger partial charge in [-0.3, -0.25) is 14.9 Å². The molecule has 0 heterocycles. The predicted octanol–water partition coefficient (Wildman–Crippen LogP) is 4.94. The molecule has 27 heavy (non-hydrogen) atoms. The van der Waals surface area contributed by atoms with Crippen LogP contribution in [0.15, 0.2) is 60.7 Å². The van der Waals surface area contributed by atoms with E-state index < -0.39 is 10.7 Å². The molecule has 0 aromatic heterocycles. The number of hydrogen-bond acceptors (Lipinski definition) is 5. The normalized spacial score (nSPS) is 10.4. The summed E-state index contributed by atoms with van der Waals surface area (Å²) in [7, 11) is 0. The predicted molar refractivity (Wildman–Crippen MR) is 101 cm³/mol. The molecule has 1 N–H and O–H groups in total. The lowest BCUT2D eigenvalue weighted by atomic mass is 10.0. The van der Waals surface area contributed by atoms with Crippen LogP contribution in [0.5, 0.6) is 17.2 Å². The van der Waals surface area contributed by atoms with Gasteiger partial charge in [0.15, 0.2) is 17.3 Å². The van der Waals surface area contributed by atoms with Gasteiger partial charge in [0, 0.05) is 11.6 Å². The van der Waals surface area contributed by atoms with Crippen LogP contribution >= 0.6 is 0 Å². The van der Waals surface area contributed by atoms with Gasteiger partial charge < -0.3 is 9.84 Å². The molecule has 0 bridgehead atoms. The van der Waals surface area contributed by atoms with Crippen molar-refractivity contribution < 1.29 is 19.6 Å². The van der Waals surface area contributed by atoms with Crippen molar-refractivity contribution in [3.63, 3.8) is 0 Å². The van der Waals surface area contributed by atoms with Crippen molar-refractivity contribution in [1.29, 1.82) is 0 Å². The summed E-state index contributed by atoms with van der Waals surface area (Å²) in [6.45, 7) is 3.51. The van der Waals surface area contributed by atoms with E-state index >= 15 is 0 Å². The van der Waals surface area contributed by atoms with E-state index in [1.165, 1.54) is 18.2 Å². The molecule has 3 rings (SSSR count). The number of benzene rings is 3. The van der Waals surface area contributed by atoms with Crippen LogP contribution in [0.25, 0.3) is 0 Å². The molecule has 0 aliphatic heterocycles. The number of carbonyl (C=O) groups is 1.